The monoisotopic (exact) mass is 411 g/mol. The van der Waals surface area contributed by atoms with Gasteiger partial charge in [0.25, 0.3) is 0 Å². The van der Waals surface area contributed by atoms with Crippen molar-refractivity contribution < 1.29 is 9.32 Å². The number of amides is 1. The van der Waals surface area contributed by atoms with Crippen molar-refractivity contribution in [1.29, 1.82) is 0 Å². The van der Waals surface area contributed by atoms with E-state index in [0.29, 0.717) is 17.9 Å². The predicted molar refractivity (Wildman–Crippen MR) is 126 cm³/mol. The van der Waals surface area contributed by atoms with Gasteiger partial charge in [0.1, 0.15) is 5.76 Å². The van der Waals surface area contributed by atoms with E-state index in [-0.39, 0.29) is 0 Å². The Labute approximate surface area is 181 Å². The highest BCUT2D eigenvalue weighted by molar-refractivity contribution is 6.19. The van der Waals surface area contributed by atoms with Gasteiger partial charge in [-0.05, 0) is 50.1 Å². The fourth-order valence-electron chi connectivity index (χ4n) is 4.16. The lowest BCUT2D eigenvalue weighted by atomic mass is 9.97. The van der Waals surface area contributed by atoms with E-state index in [2.05, 4.69) is 28.4 Å². The molecule has 2 N–H and O–H groups in total. The molecule has 2 heterocycles. The Hall–Kier alpha value is -3.86. The van der Waals surface area contributed by atoms with Gasteiger partial charge in [-0.2, -0.15) is 0 Å². The van der Waals surface area contributed by atoms with Crippen LogP contribution >= 0.6 is 0 Å². The second-order valence-corrected chi connectivity index (χ2v) is 7.56. The summed E-state index contributed by atoms with van der Waals surface area (Å²) in [6, 6.07) is 12.0. The molecule has 0 aliphatic carbocycles. The van der Waals surface area contributed by atoms with Crippen molar-refractivity contribution in [3.05, 3.63) is 89.9 Å². The lowest BCUT2D eigenvalue weighted by molar-refractivity contribution is 0.100. The molecule has 0 fully saturated rings. The maximum atomic E-state index is 12.5. The van der Waals surface area contributed by atoms with Crippen molar-refractivity contribution in [2.45, 2.75) is 27.3 Å². The van der Waals surface area contributed by atoms with Gasteiger partial charge in [0.15, 0.2) is 0 Å². The van der Waals surface area contributed by atoms with Crippen LogP contribution in [0.1, 0.15) is 28.7 Å². The molecule has 0 atom stereocenters. The third-order valence-corrected chi connectivity index (χ3v) is 5.57. The fourth-order valence-corrected chi connectivity index (χ4v) is 4.16. The van der Waals surface area contributed by atoms with Crippen molar-refractivity contribution >= 4 is 27.7 Å². The Bertz CT molecular complexity index is 1360. The molecule has 4 rings (SSSR count). The quantitative estimate of drug-likeness (QED) is 0.404. The molecule has 5 nitrogen and oxygen atoms in total. The van der Waals surface area contributed by atoms with Gasteiger partial charge < -0.3 is 14.8 Å². The first-order chi connectivity index (χ1) is 15.0. The highest BCUT2D eigenvalue weighted by Crippen LogP contribution is 2.37. The number of carbonyl (C=O) groups excluding carboxylic acids is 1. The fraction of sp³-hybridized carbons (Fsp3) is 0.154. The van der Waals surface area contributed by atoms with Crippen LogP contribution in [-0.2, 0) is 6.54 Å². The minimum absolute atomic E-state index is 0.463. The molecule has 0 saturated carbocycles. The number of para-hydroxylation sites is 1. The van der Waals surface area contributed by atoms with Gasteiger partial charge in [-0.25, -0.2) is 0 Å². The van der Waals surface area contributed by atoms with Gasteiger partial charge in [0.2, 0.25) is 5.91 Å². The number of hydrogen-bond donors (Lipinski definition) is 1. The molecule has 4 aromatic rings. The van der Waals surface area contributed by atoms with Crippen LogP contribution in [0.15, 0.2) is 77.4 Å². The van der Waals surface area contributed by atoms with Crippen LogP contribution in [0.4, 0.5) is 0 Å². The zero-order valence-corrected chi connectivity index (χ0v) is 18.0. The zero-order chi connectivity index (χ0) is 22.1. The van der Waals surface area contributed by atoms with Crippen LogP contribution in [0.2, 0.25) is 0 Å². The molecule has 31 heavy (non-hydrogen) atoms. The Morgan fingerprint density at radius 1 is 1.23 bits per heavy atom. The van der Waals surface area contributed by atoms with E-state index in [9.17, 15) is 4.79 Å². The summed E-state index contributed by atoms with van der Waals surface area (Å²) in [6.45, 7) is 10.3. The van der Waals surface area contributed by atoms with E-state index in [4.69, 9.17) is 10.3 Å². The first kappa shape index (κ1) is 20.4. The van der Waals surface area contributed by atoms with Gasteiger partial charge in [-0.15, -0.1) is 0 Å². The lowest BCUT2D eigenvalue weighted by Crippen LogP contribution is -2.12. The Morgan fingerprint density at radius 2 is 2.00 bits per heavy atom. The summed E-state index contributed by atoms with van der Waals surface area (Å²) in [5.74, 6) is 0.240. The predicted octanol–water partition coefficient (Wildman–Crippen LogP) is 5.85. The van der Waals surface area contributed by atoms with E-state index >= 15 is 0 Å². The van der Waals surface area contributed by atoms with Crippen LogP contribution in [0.25, 0.3) is 32.9 Å². The maximum absolute atomic E-state index is 12.5. The van der Waals surface area contributed by atoms with Gasteiger partial charge in [-0.3, -0.25) is 4.79 Å². The lowest BCUT2D eigenvalue weighted by Gasteiger charge is -2.11. The molecule has 0 aliphatic rings. The van der Waals surface area contributed by atoms with Crippen LogP contribution in [0.3, 0.4) is 0 Å². The molecule has 5 heteroatoms. The minimum atomic E-state index is -0.463. The SMILES string of the molecule is C=C/C(=C\C=C/C)Cn1c2ccccc2c2c(C(N)=O)cc(-c3c(C)noc3C)cc21. The molecule has 0 radical (unpaired) electrons. The number of rotatable bonds is 6. The summed E-state index contributed by atoms with van der Waals surface area (Å²) in [4.78, 5) is 12.5. The van der Waals surface area contributed by atoms with E-state index in [0.717, 1.165) is 44.2 Å². The standard InChI is InChI=1S/C26H25N3O2/c1-5-7-10-18(6-2)15-29-22-12-9-8-11-20(22)25-21(26(27)30)13-19(14-23(25)29)24-16(3)28-31-17(24)4/h5-14H,2,15H2,1,3-4H3,(H2,27,30)/b7-5-,18-10+. The normalized spacial score (nSPS) is 12.3. The van der Waals surface area contributed by atoms with Crippen molar-refractivity contribution in [3.63, 3.8) is 0 Å². The van der Waals surface area contributed by atoms with Crippen molar-refractivity contribution in [3.8, 4) is 11.1 Å². The third-order valence-electron chi connectivity index (χ3n) is 5.57. The highest BCUT2D eigenvalue weighted by Gasteiger charge is 2.21. The first-order valence-electron chi connectivity index (χ1n) is 10.2. The number of benzene rings is 2. The molecular weight excluding hydrogens is 386 g/mol. The Morgan fingerprint density at radius 3 is 2.65 bits per heavy atom. The molecule has 0 bridgehead atoms. The van der Waals surface area contributed by atoms with Gasteiger partial charge >= 0.3 is 0 Å². The van der Waals surface area contributed by atoms with Crippen LogP contribution in [-0.4, -0.2) is 15.6 Å². The third kappa shape index (κ3) is 3.48. The van der Waals surface area contributed by atoms with E-state index in [1.54, 1.807) is 0 Å². The molecule has 156 valence electrons. The highest BCUT2D eigenvalue weighted by atomic mass is 16.5. The van der Waals surface area contributed by atoms with E-state index in [1.165, 1.54) is 0 Å². The molecule has 0 unspecified atom stereocenters. The Balaban J connectivity index is 2.10. The topological polar surface area (TPSA) is 74.0 Å². The molecule has 0 aliphatic heterocycles. The number of nitrogens with two attached hydrogens (primary N) is 1. The number of nitrogens with zero attached hydrogens (tertiary/aromatic N) is 2. The van der Waals surface area contributed by atoms with Crippen LogP contribution < -0.4 is 5.73 Å². The van der Waals surface area contributed by atoms with E-state index in [1.807, 2.05) is 69.3 Å². The number of aryl methyl sites for hydroxylation is 2. The Kier molecular flexibility index (Phi) is 5.34. The molecule has 2 aromatic heterocycles. The molecule has 2 aromatic carbocycles. The second kappa shape index (κ2) is 8.11. The van der Waals surface area contributed by atoms with Crippen LogP contribution in [0, 0.1) is 13.8 Å². The average molecular weight is 412 g/mol. The first-order valence-corrected chi connectivity index (χ1v) is 10.2. The average Bonchev–Trinajstić information content (AvgIpc) is 3.26. The minimum Gasteiger partial charge on any atom is -0.366 e. The smallest absolute Gasteiger partial charge is 0.249 e. The molecule has 1 amide bonds. The van der Waals surface area contributed by atoms with Crippen molar-refractivity contribution in [2.75, 3.05) is 0 Å². The zero-order valence-electron chi connectivity index (χ0n) is 18.0. The largest absolute Gasteiger partial charge is 0.366 e. The number of carbonyl (C=O) groups is 1. The summed E-state index contributed by atoms with van der Waals surface area (Å²) < 4.78 is 7.58. The summed E-state index contributed by atoms with van der Waals surface area (Å²) >= 11 is 0. The van der Waals surface area contributed by atoms with Gasteiger partial charge in [0, 0.05) is 34.0 Å². The number of primary amides is 1. The maximum Gasteiger partial charge on any atom is 0.249 e. The van der Waals surface area contributed by atoms with Gasteiger partial charge in [0.05, 0.1) is 11.2 Å². The number of hydrogen-bond acceptors (Lipinski definition) is 3. The second-order valence-electron chi connectivity index (χ2n) is 7.56. The summed E-state index contributed by atoms with van der Waals surface area (Å²) in [6.07, 6.45) is 7.87. The number of aromatic nitrogens is 2. The summed E-state index contributed by atoms with van der Waals surface area (Å²) in [7, 11) is 0. The van der Waals surface area contributed by atoms with E-state index < -0.39 is 5.91 Å². The number of fused-ring (bicyclic) bond motifs is 3. The summed E-state index contributed by atoms with van der Waals surface area (Å²) in [5, 5.41) is 5.93. The number of allylic oxidation sites excluding steroid dienone is 5. The van der Waals surface area contributed by atoms with Crippen LogP contribution in [0.5, 0.6) is 0 Å². The molecule has 0 saturated heterocycles. The molecular formula is C26H25N3O2. The van der Waals surface area contributed by atoms with Crippen molar-refractivity contribution in [1.82, 2.24) is 9.72 Å². The van der Waals surface area contributed by atoms with Crippen molar-refractivity contribution in [2.24, 2.45) is 5.73 Å². The summed E-state index contributed by atoms with van der Waals surface area (Å²) in [5.41, 5.74) is 11.9. The molecule has 0 spiro atoms. The van der Waals surface area contributed by atoms with Gasteiger partial charge in [-0.1, -0.05) is 54.2 Å².